The van der Waals surface area contributed by atoms with Crippen molar-refractivity contribution in [2.75, 3.05) is 13.7 Å². The number of oxime groups is 1. The molecule has 3 fully saturated rings. The van der Waals surface area contributed by atoms with Crippen LogP contribution in [0.5, 0.6) is 5.75 Å². The number of nitrogens with one attached hydrogen (secondary N) is 1. The molecule has 7 atom stereocenters. The van der Waals surface area contributed by atoms with E-state index in [9.17, 15) is 29.9 Å². The van der Waals surface area contributed by atoms with Gasteiger partial charge in [0.15, 0.2) is 6.61 Å². The minimum Gasteiger partial charge on any atom is -0.868 e. The number of benzene rings is 1. The van der Waals surface area contributed by atoms with Crippen molar-refractivity contribution in [2.24, 2.45) is 33.7 Å². The minimum absolute atomic E-state index is 0.0302. The number of esters is 1. The van der Waals surface area contributed by atoms with Crippen LogP contribution < -0.4 is 10.4 Å². The third-order valence-electron chi connectivity index (χ3n) is 11.0. The third kappa shape index (κ3) is 5.55. The number of fused-ring (bicyclic) bond motifs is 5. The second-order valence-electron chi connectivity index (χ2n) is 13.2. The number of nitro benzene ring substituents is 1. The largest absolute Gasteiger partial charge is 0.868 e. The Bertz CT molecular complexity index is 1400. The van der Waals surface area contributed by atoms with E-state index in [1.165, 1.54) is 18.7 Å². The van der Waals surface area contributed by atoms with Gasteiger partial charge in [0.05, 0.1) is 17.6 Å². The lowest BCUT2D eigenvalue weighted by atomic mass is 9.47. The number of nitro groups is 1. The van der Waals surface area contributed by atoms with Crippen LogP contribution in [-0.2, 0) is 25.6 Å². The van der Waals surface area contributed by atoms with Crippen molar-refractivity contribution in [2.45, 2.75) is 77.4 Å². The SMILES string of the molecule is COC(=O)[C@H](Cc1ccc([O-])c([N+](=O)[O-])c1)NC(=O)CO/N=C1/C=C[C@@]2(C)C(=C1)CC[C@@H]1[C@H]2CC[C@]2(C)[C@H]1CC[C@]2(C)O. The molecular weight excluding hydrogens is 554 g/mol. The molecule has 1 amide bonds. The Labute approximate surface area is 251 Å². The summed E-state index contributed by atoms with van der Waals surface area (Å²) in [4.78, 5) is 40.6. The minimum atomic E-state index is -1.14. The van der Waals surface area contributed by atoms with E-state index in [0.29, 0.717) is 29.0 Å². The molecule has 232 valence electrons. The molecule has 0 heterocycles. The first kappa shape index (κ1) is 30.7. The number of methoxy groups -OCH3 is 1. The molecule has 11 nitrogen and oxygen atoms in total. The molecule has 4 aliphatic carbocycles. The number of allylic oxidation sites excluding steroid dienone is 4. The molecule has 3 saturated carbocycles. The number of hydrogen-bond donors (Lipinski definition) is 2. The van der Waals surface area contributed by atoms with Crippen molar-refractivity contribution in [1.82, 2.24) is 5.32 Å². The normalized spacial score (nSPS) is 34.3. The molecule has 1 aromatic carbocycles. The Kier molecular flexibility index (Phi) is 8.15. The Morgan fingerprint density at radius 1 is 1.19 bits per heavy atom. The zero-order valence-corrected chi connectivity index (χ0v) is 25.1. The number of carbonyl (C=O) groups is 2. The number of rotatable bonds is 8. The highest BCUT2D eigenvalue weighted by molar-refractivity contribution is 6.05. The molecule has 0 aliphatic heterocycles. The molecule has 0 spiro atoms. The topological polar surface area (TPSA) is 163 Å². The Hall–Kier alpha value is -3.73. The first-order chi connectivity index (χ1) is 20.3. The lowest BCUT2D eigenvalue weighted by Gasteiger charge is -2.58. The van der Waals surface area contributed by atoms with Crippen LogP contribution >= 0.6 is 0 Å². The fourth-order valence-corrected chi connectivity index (χ4v) is 8.31. The highest BCUT2D eigenvalue weighted by Gasteiger charge is 2.62. The molecule has 0 radical (unpaired) electrons. The van der Waals surface area contributed by atoms with E-state index < -0.39 is 46.5 Å². The van der Waals surface area contributed by atoms with Crippen LogP contribution in [0, 0.1) is 38.7 Å². The van der Waals surface area contributed by atoms with E-state index in [-0.39, 0.29) is 17.3 Å². The van der Waals surface area contributed by atoms with Crippen LogP contribution in [0.25, 0.3) is 0 Å². The van der Waals surface area contributed by atoms with E-state index in [1.807, 2.05) is 13.0 Å². The molecule has 43 heavy (non-hydrogen) atoms. The van der Waals surface area contributed by atoms with Gasteiger partial charge in [-0.2, -0.15) is 0 Å². The zero-order chi connectivity index (χ0) is 31.2. The van der Waals surface area contributed by atoms with Gasteiger partial charge in [0, 0.05) is 17.9 Å². The van der Waals surface area contributed by atoms with Crippen LogP contribution in [0.1, 0.15) is 64.9 Å². The molecular formula is C32H40N3O8-. The van der Waals surface area contributed by atoms with Crippen LogP contribution in [0.3, 0.4) is 0 Å². The number of ether oxygens (including phenoxy) is 1. The molecule has 0 aromatic heterocycles. The molecule has 4 aliphatic rings. The third-order valence-corrected chi connectivity index (χ3v) is 11.0. The molecule has 11 heteroatoms. The van der Waals surface area contributed by atoms with Crippen LogP contribution in [0.4, 0.5) is 5.69 Å². The fraction of sp³-hybridized carbons (Fsp3) is 0.594. The van der Waals surface area contributed by atoms with E-state index in [1.54, 1.807) is 0 Å². The second-order valence-corrected chi connectivity index (χ2v) is 13.2. The molecule has 0 bridgehead atoms. The van der Waals surface area contributed by atoms with Crippen LogP contribution in [-0.4, -0.2) is 53.0 Å². The molecule has 0 unspecified atom stereocenters. The van der Waals surface area contributed by atoms with Gasteiger partial charge in [-0.3, -0.25) is 14.9 Å². The maximum atomic E-state index is 12.6. The number of carbonyl (C=O) groups excluding carboxylic acids is 2. The summed E-state index contributed by atoms with van der Waals surface area (Å²) < 4.78 is 4.78. The Morgan fingerprint density at radius 2 is 1.93 bits per heavy atom. The summed E-state index contributed by atoms with van der Waals surface area (Å²) in [5, 5.41) is 40.6. The van der Waals surface area contributed by atoms with Crippen molar-refractivity contribution in [3.8, 4) is 5.75 Å². The second kappa shape index (κ2) is 11.4. The quantitative estimate of drug-likeness (QED) is 0.261. The predicted molar refractivity (Wildman–Crippen MR) is 156 cm³/mol. The van der Waals surface area contributed by atoms with Gasteiger partial charge in [-0.1, -0.05) is 42.8 Å². The van der Waals surface area contributed by atoms with Gasteiger partial charge in [-0.15, -0.1) is 0 Å². The van der Waals surface area contributed by atoms with E-state index in [4.69, 9.17) is 9.57 Å². The summed E-state index contributed by atoms with van der Waals surface area (Å²) in [6.45, 7) is 6.16. The number of aliphatic hydroxyl groups is 1. The fourth-order valence-electron chi connectivity index (χ4n) is 8.31. The molecule has 5 rings (SSSR count). The van der Waals surface area contributed by atoms with Gasteiger partial charge >= 0.3 is 5.97 Å². The summed E-state index contributed by atoms with van der Waals surface area (Å²) in [7, 11) is 1.17. The van der Waals surface area contributed by atoms with Crippen molar-refractivity contribution in [3.05, 3.63) is 57.7 Å². The van der Waals surface area contributed by atoms with Gasteiger partial charge in [-0.05, 0) is 92.1 Å². The van der Waals surface area contributed by atoms with E-state index in [0.717, 1.165) is 50.7 Å². The van der Waals surface area contributed by atoms with Crippen LogP contribution in [0.15, 0.2) is 47.2 Å². The molecule has 1 aromatic rings. The monoisotopic (exact) mass is 594 g/mol. The Morgan fingerprint density at radius 3 is 2.65 bits per heavy atom. The standard InChI is InChI=1S/C32H41N3O8/c1-30-12-9-21(17-20(30)6-7-22-23(30)10-13-31(2)24(22)11-14-32(31,3)39)34-43-18-28(37)33-25(29(38)42-4)15-19-5-8-27(36)26(16-19)35(40)41/h5,8-9,12,16-17,22-25,36,39H,6-7,10-11,13-15,18H2,1-4H3,(H,33,37)/p-1/b34-21-/t22-,23-,24+,25+,30+,31-,32+/m1/s1. The summed E-state index contributed by atoms with van der Waals surface area (Å²) in [5.74, 6) is -0.502. The zero-order valence-electron chi connectivity index (χ0n) is 25.1. The van der Waals surface area contributed by atoms with Crippen LogP contribution in [0.2, 0.25) is 0 Å². The lowest BCUT2D eigenvalue weighted by molar-refractivity contribution is -0.398. The van der Waals surface area contributed by atoms with Gasteiger partial charge in [0.1, 0.15) is 11.8 Å². The highest BCUT2D eigenvalue weighted by atomic mass is 16.6. The van der Waals surface area contributed by atoms with Crippen molar-refractivity contribution >= 4 is 23.3 Å². The number of amides is 1. The highest BCUT2D eigenvalue weighted by Crippen LogP contribution is 2.66. The van der Waals surface area contributed by atoms with Gasteiger partial charge in [-0.25, -0.2) is 4.79 Å². The van der Waals surface area contributed by atoms with Crippen molar-refractivity contribution in [1.29, 1.82) is 0 Å². The van der Waals surface area contributed by atoms with Gasteiger partial charge in [0.2, 0.25) is 0 Å². The summed E-state index contributed by atoms with van der Waals surface area (Å²) in [6, 6.07) is 2.37. The summed E-state index contributed by atoms with van der Waals surface area (Å²) in [6.07, 6.45) is 12.2. The average Bonchev–Trinajstić information content (AvgIpc) is 3.21. The summed E-state index contributed by atoms with van der Waals surface area (Å²) >= 11 is 0. The van der Waals surface area contributed by atoms with Crippen molar-refractivity contribution < 1.29 is 34.3 Å². The number of hydrogen-bond acceptors (Lipinski definition) is 9. The first-order valence-corrected chi connectivity index (χ1v) is 14.9. The maximum absolute atomic E-state index is 12.6. The van der Waals surface area contributed by atoms with E-state index in [2.05, 4.69) is 36.5 Å². The number of nitrogens with zero attached hydrogens (tertiary/aromatic N) is 2. The molecule has 2 N–H and O–H groups in total. The maximum Gasteiger partial charge on any atom is 0.328 e. The van der Waals surface area contributed by atoms with Gasteiger partial charge in [0.25, 0.3) is 11.6 Å². The predicted octanol–water partition coefficient (Wildman–Crippen LogP) is 3.73. The van der Waals surface area contributed by atoms with Crippen molar-refractivity contribution in [3.63, 3.8) is 0 Å². The summed E-state index contributed by atoms with van der Waals surface area (Å²) in [5.41, 5.74) is 0.907. The smallest absolute Gasteiger partial charge is 0.328 e. The van der Waals surface area contributed by atoms with Gasteiger partial charge < -0.3 is 25.1 Å². The lowest BCUT2D eigenvalue weighted by Crippen LogP contribution is -2.53. The van der Waals surface area contributed by atoms with E-state index >= 15 is 0 Å². The Balaban J connectivity index is 1.20. The molecule has 0 saturated heterocycles. The average molecular weight is 595 g/mol. The first-order valence-electron chi connectivity index (χ1n) is 14.9.